The Kier molecular flexibility index (Phi) is 13.8. The van der Waals surface area contributed by atoms with Crippen molar-refractivity contribution in [2.45, 2.75) is 0 Å². The van der Waals surface area contributed by atoms with Crippen molar-refractivity contribution in [1.29, 1.82) is 0 Å². The van der Waals surface area contributed by atoms with E-state index in [0.717, 1.165) is 0 Å². The van der Waals surface area contributed by atoms with Crippen LogP contribution in [0.4, 0.5) is 23.8 Å². The maximum absolute atomic E-state index is 6.75. The molecule has 18 nitrogen and oxygen atoms in total. The summed E-state index contributed by atoms with van der Waals surface area (Å²) in [6.45, 7) is 0. The number of nitrogen functional groups attached to an aromatic ring is 4. The van der Waals surface area contributed by atoms with Gasteiger partial charge in [0.1, 0.15) is 11.4 Å². The number of aromatic nitrogens is 8. The second-order valence-electron chi connectivity index (χ2n) is 5.36. The molecule has 0 aromatic carbocycles. The molecule has 4 heterocycles. The first kappa shape index (κ1) is 29.7. The van der Waals surface area contributed by atoms with Crippen LogP contribution >= 0.6 is 0 Å². The number of rotatable bonds is 2. The van der Waals surface area contributed by atoms with Crippen LogP contribution in [0, 0.1) is 0 Å². The fraction of sp³-hybridized carbons (Fsp3) is 0. The molecule has 0 unspecified atom stereocenters. The molecule has 0 saturated heterocycles. The minimum Gasteiger partial charge on any atom is -0.373 e. The summed E-state index contributed by atoms with van der Waals surface area (Å²) >= 11 is 0. The molecule has 0 fully saturated rings. The molecule has 0 amide bonds. The third-order valence-electron chi connectivity index (χ3n) is 3.13. The van der Waals surface area contributed by atoms with E-state index < -0.39 is 0 Å². The molecule has 35 heavy (non-hydrogen) atoms. The van der Waals surface area contributed by atoms with Crippen LogP contribution in [0.3, 0.4) is 0 Å². The van der Waals surface area contributed by atoms with Gasteiger partial charge in [-0.15, -0.1) is 0 Å². The van der Waals surface area contributed by atoms with Crippen molar-refractivity contribution in [2.75, 3.05) is 22.9 Å². The molecule has 19 heteroatoms. The Hall–Kier alpha value is -5.34. The monoisotopic (exact) mass is 515 g/mol. The van der Waals surface area contributed by atoms with Gasteiger partial charge in [-0.3, -0.25) is 19.8 Å². The summed E-state index contributed by atoms with van der Waals surface area (Å²) in [4.78, 5) is 34.1. The van der Waals surface area contributed by atoms with Crippen LogP contribution < -0.4 is 22.9 Å². The fourth-order valence-electron chi connectivity index (χ4n) is 2.04. The van der Waals surface area contributed by atoms with Crippen LogP contribution in [0.15, 0.2) is 48.8 Å². The summed E-state index contributed by atoms with van der Waals surface area (Å²) in [6.07, 6.45) is 3.29. The van der Waals surface area contributed by atoms with Gasteiger partial charge in [0.05, 0.1) is 0 Å². The van der Waals surface area contributed by atoms with E-state index in [2.05, 4.69) is 39.9 Å². The van der Waals surface area contributed by atoms with Crippen LogP contribution in [0.1, 0.15) is 0 Å². The van der Waals surface area contributed by atoms with Gasteiger partial charge in [-0.2, -0.15) is 29.9 Å². The van der Waals surface area contributed by atoms with Crippen molar-refractivity contribution in [1.82, 2.24) is 39.9 Å². The zero-order valence-corrected chi connectivity index (χ0v) is 18.7. The first-order chi connectivity index (χ1) is 16.3. The van der Waals surface area contributed by atoms with Crippen molar-refractivity contribution in [3.05, 3.63) is 80.7 Å². The summed E-state index contributed by atoms with van der Waals surface area (Å²) in [5, 5.41) is 0. The van der Waals surface area contributed by atoms with Gasteiger partial charge in [0.15, 0.2) is 11.6 Å². The Morgan fingerprint density at radius 1 is 0.514 bits per heavy atom. The van der Waals surface area contributed by atoms with Crippen molar-refractivity contribution in [3.63, 3.8) is 0 Å². The van der Waals surface area contributed by atoms with Gasteiger partial charge in [0, 0.05) is 12.4 Å². The van der Waals surface area contributed by atoms with Crippen LogP contribution in [-0.4, -0.2) is 39.9 Å². The van der Waals surface area contributed by atoms with Crippen molar-refractivity contribution in [2.24, 2.45) is 0 Å². The Labute approximate surface area is 207 Å². The molecule has 0 saturated carbocycles. The number of hydrogen-bond donors (Lipinski definition) is 4. The van der Waals surface area contributed by atoms with Gasteiger partial charge in [-0.1, -0.05) is 12.1 Å². The largest absolute Gasteiger partial charge is 2.00 e. The zero-order valence-electron chi connectivity index (χ0n) is 17.6. The third kappa shape index (κ3) is 11.2. The fourth-order valence-corrected chi connectivity index (χ4v) is 2.04. The summed E-state index contributed by atoms with van der Waals surface area (Å²) in [6, 6.07) is 10.8. The van der Waals surface area contributed by atoms with Crippen molar-refractivity contribution >= 4 is 23.8 Å². The number of hydrogen-bond acceptors (Lipinski definition) is 12. The molecule has 4 aromatic heterocycles. The molecule has 0 aliphatic carbocycles. The van der Waals surface area contributed by atoms with E-state index >= 15 is 0 Å². The summed E-state index contributed by atoms with van der Waals surface area (Å²) < 4.78 is 0. The Bertz CT molecular complexity index is 1100. The zero-order chi connectivity index (χ0) is 25.3. The number of pyridine rings is 2. The van der Waals surface area contributed by atoms with Gasteiger partial charge in [-0.05, 0) is 24.3 Å². The standard InChI is InChI=1S/2C8H8N6.Mn.2N3/c2*9-7-12-6(13-8(10)14-7)5-3-1-2-4-11-5;;2*1-3-2/h2*1-4H,(H4,9,10,12,13,14);;;/q;;+2;2*-1. The van der Waals surface area contributed by atoms with E-state index in [-0.39, 0.29) is 40.9 Å². The molecule has 4 rings (SSSR count). The Balaban J connectivity index is 0.000000528. The predicted molar refractivity (Wildman–Crippen MR) is 124 cm³/mol. The molecule has 0 aliphatic heterocycles. The molecule has 0 atom stereocenters. The maximum atomic E-state index is 6.75. The quantitative estimate of drug-likeness (QED) is 0.129. The number of anilines is 4. The normalized spacial score (nSPS) is 8.46. The van der Waals surface area contributed by atoms with E-state index in [4.69, 9.17) is 45.1 Å². The van der Waals surface area contributed by atoms with E-state index in [0.29, 0.717) is 23.0 Å². The first-order valence-corrected chi connectivity index (χ1v) is 8.68. The molecule has 177 valence electrons. The summed E-state index contributed by atoms with van der Waals surface area (Å²) in [5.41, 5.74) is 49.9. The van der Waals surface area contributed by atoms with Gasteiger partial charge in [0.25, 0.3) is 0 Å². The molecule has 4 aromatic rings. The SMILES string of the molecule is Nc1nc(N)nc(-c2ccccn2)n1.Nc1nc(N)nc(-c2ccccn2)n1.[Mn+2].[N-]=[N+]=[N-].[N-]=[N+]=[N-]. The minimum atomic E-state index is 0. The van der Waals surface area contributed by atoms with Crippen molar-refractivity contribution < 1.29 is 17.1 Å². The van der Waals surface area contributed by atoms with Crippen LogP contribution in [-0.2, 0) is 17.1 Å². The van der Waals surface area contributed by atoms with Gasteiger partial charge < -0.3 is 45.1 Å². The first-order valence-electron chi connectivity index (χ1n) is 8.68. The molecular formula is C16H16MnN18. The van der Waals surface area contributed by atoms with Crippen LogP contribution in [0.2, 0.25) is 0 Å². The van der Waals surface area contributed by atoms with E-state index in [1.807, 2.05) is 12.1 Å². The smallest absolute Gasteiger partial charge is 0.373 e. The average molecular weight is 515 g/mol. The predicted octanol–water partition coefficient (Wildman–Crippen LogP) is 1.93. The minimum absolute atomic E-state index is 0. The number of nitrogens with zero attached hydrogens (tertiary/aromatic N) is 14. The maximum Gasteiger partial charge on any atom is 2.00 e. The average Bonchev–Trinajstić information content (AvgIpc) is 2.81. The van der Waals surface area contributed by atoms with Gasteiger partial charge in [0.2, 0.25) is 23.8 Å². The van der Waals surface area contributed by atoms with Crippen LogP contribution in [0.25, 0.3) is 55.0 Å². The summed E-state index contributed by atoms with van der Waals surface area (Å²) in [7, 11) is 0. The second-order valence-corrected chi connectivity index (χ2v) is 5.36. The third-order valence-corrected chi connectivity index (χ3v) is 3.13. The molecule has 1 radical (unpaired) electrons. The Morgan fingerprint density at radius 3 is 1.03 bits per heavy atom. The molecule has 0 aliphatic rings. The molecular weight excluding hydrogens is 499 g/mol. The number of nitrogens with two attached hydrogens (primary N) is 4. The van der Waals surface area contributed by atoms with Crippen molar-refractivity contribution in [3.8, 4) is 23.0 Å². The Morgan fingerprint density at radius 2 is 0.800 bits per heavy atom. The van der Waals surface area contributed by atoms with E-state index in [1.165, 1.54) is 9.82 Å². The van der Waals surface area contributed by atoms with Gasteiger partial charge in [-0.25, -0.2) is 0 Å². The second kappa shape index (κ2) is 16.3. The van der Waals surface area contributed by atoms with E-state index in [1.54, 1.807) is 36.7 Å². The molecule has 0 spiro atoms. The van der Waals surface area contributed by atoms with Gasteiger partial charge >= 0.3 is 17.1 Å². The van der Waals surface area contributed by atoms with E-state index in [9.17, 15) is 0 Å². The molecule has 0 bridgehead atoms. The topological polar surface area (TPSA) is 325 Å². The van der Waals surface area contributed by atoms with Crippen LogP contribution in [0.5, 0.6) is 0 Å². The molecule has 8 N–H and O–H groups in total. The summed E-state index contributed by atoms with van der Waals surface area (Å²) in [5.74, 6) is 1.15.